The molecular weight excluding hydrogens is 396 g/mol. The van der Waals surface area contributed by atoms with Crippen LogP contribution in [0, 0.1) is 11.3 Å². The lowest BCUT2D eigenvalue weighted by molar-refractivity contribution is 0.320. The lowest BCUT2D eigenvalue weighted by atomic mass is 10.0. The summed E-state index contributed by atoms with van der Waals surface area (Å²) in [5.41, 5.74) is 5.14. The number of halogens is 1. The second kappa shape index (κ2) is 10.2. The molecule has 1 aromatic heterocycles. The Hall–Kier alpha value is -3.62. The zero-order valence-corrected chi connectivity index (χ0v) is 17.1. The van der Waals surface area contributed by atoms with E-state index in [1.54, 1.807) is 17.1 Å². The van der Waals surface area contributed by atoms with Crippen LogP contribution in [0.2, 0.25) is 0 Å². The standard InChI is InChI=1S/C24H20N4O.ClH/c25-15-23-11-8-20(16-28-18-26-17-27-28)14-24(23)29-13-12-19-6-9-22(10-7-19)21-4-2-1-3-5-21;/h1-11,14,17-18H,12-13,16H2;1H. The monoisotopic (exact) mass is 416 g/mol. The van der Waals surface area contributed by atoms with Gasteiger partial charge in [0.05, 0.1) is 18.7 Å². The maximum atomic E-state index is 9.36. The van der Waals surface area contributed by atoms with Crippen molar-refractivity contribution in [1.29, 1.82) is 5.26 Å². The first-order chi connectivity index (χ1) is 14.3. The Kier molecular flexibility index (Phi) is 7.20. The van der Waals surface area contributed by atoms with Crippen molar-refractivity contribution in [3.8, 4) is 22.9 Å². The van der Waals surface area contributed by atoms with Crippen molar-refractivity contribution in [1.82, 2.24) is 14.8 Å². The molecule has 0 aliphatic carbocycles. The molecule has 4 rings (SSSR count). The predicted octanol–water partition coefficient (Wildman–Crippen LogP) is 4.91. The van der Waals surface area contributed by atoms with E-state index in [0.29, 0.717) is 24.5 Å². The highest BCUT2D eigenvalue weighted by atomic mass is 35.5. The highest BCUT2D eigenvalue weighted by molar-refractivity contribution is 5.85. The smallest absolute Gasteiger partial charge is 0.137 e. The van der Waals surface area contributed by atoms with Gasteiger partial charge >= 0.3 is 0 Å². The molecule has 4 aromatic rings. The zero-order valence-electron chi connectivity index (χ0n) is 16.3. The first-order valence-corrected chi connectivity index (χ1v) is 9.44. The number of ether oxygens (including phenoxy) is 1. The minimum atomic E-state index is 0. The molecule has 3 aromatic carbocycles. The third-order valence-electron chi connectivity index (χ3n) is 4.69. The van der Waals surface area contributed by atoms with E-state index >= 15 is 0 Å². The highest BCUT2D eigenvalue weighted by Gasteiger charge is 2.07. The summed E-state index contributed by atoms with van der Waals surface area (Å²) in [6, 6.07) is 26.6. The number of nitrogens with zero attached hydrogens (tertiary/aromatic N) is 4. The van der Waals surface area contributed by atoms with E-state index in [0.717, 1.165) is 12.0 Å². The predicted molar refractivity (Wildman–Crippen MR) is 119 cm³/mol. The second-order valence-electron chi connectivity index (χ2n) is 6.70. The summed E-state index contributed by atoms with van der Waals surface area (Å²) in [5.74, 6) is 0.603. The fourth-order valence-corrected chi connectivity index (χ4v) is 3.15. The van der Waals surface area contributed by atoms with Crippen LogP contribution in [-0.2, 0) is 13.0 Å². The van der Waals surface area contributed by atoms with E-state index < -0.39 is 0 Å². The van der Waals surface area contributed by atoms with Gasteiger partial charge in [-0.2, -0.15) is 10.4 Å². The van der Waals surface area contributed by atoms with Crippen molar-refractivity contribution in [3.05, 3.63) is 102 Å². The molecule has 0 unspecified atom stereocenters. The quantitative estimate of drug-likeness (QED) is 0.429. The average Bonchev–Trinajstić information content (AvgIpc) is 3.28. The maximum absolute atomic E-state index is 9.36. The van der Waals surface area contributed by atoms with Gasteiger partial charge in [0.15, 0.2) is 0 Å². The van der Waals surface area contributed by atoms with E-state index in [1.165, 1.54) is 23.0 Å². The van der Waals surface area contributed by atoms with Gasteiger partial charge in [0.25, 0.3) is 0 Å². The SMILES string of the molecule is Cl.N#Cc1ccc(Cn2cncn2)cc1OCCc1ccc(-c2ccccc2)cc1. The van der Waals surface area contributed by atoms with Crippen LogP contribution in [0.5, 0.6) is 5.75 Å². The van der Waals surface area contributed by atoms with Crippen molar-refractivity contribution in [2.24, 2.45) is 0 Å². The van der Waals surface area contributed by atoms with Gasteiger partial charge in [-0.25, -0.2) is 9.67 Å². The third-order valence-corrected chi connectivity index (χ3v) is 4.69. The molecule has 0 atom stereocenters. The molecule has 0 aliphatic rings. The first kappa shape index (κ1) is 21.1. The molecule has 0 aliphatic heterocycles. The molecule has 0 saturated carbocycles. The summed E-state index contributed by atoms with van der Waals surface area (Å²) < 4.78 is 7.67. The zero-order chi connectivity index (χ0) is 19.9. The van der Waals surface area contributed by atoms with Gasteiger partial charge in [-0.3, -0.25) is 0 Å². The Labute approximate surface area is 182 Å². The van der Waals surface area contributed by atoms with Crippen molar-refractivity contribution in [3.63, 3.8) is 0 Å². The van der Waals surface area contributed by atoms with Crippen molar-refractivity contribution >= 4 is 12.4 Å². The summed E-state index contributed by atoms with van der Waals surface area (Å²) in [5, 5.41) is 13.5. The van der Waals surface area contributed by atoms with Gasteiger partial charge in [-0.15, -0.1) is 12.4 Å². The van der Waals surface area contributed by atoms with E-state index in [1.807, 2.05) is 30.3 Å². The molecule has 30 heavy (non-hydrogen) atoms. The summed E-state index contributed by atoms with van der Waals surface area (Å²) in [6.07, 6.45) is 3.94. The number of benzene rings is 3. The first-order valence-electron chi connectivity index (χ1n) is 9.44. The largest absolute Gasteiger partial charge is 0.492 e. The van der Waals surface area contributed by atoms with Gasteiger partial charge in [0.1, 0.15) is 24.5 Å². The Morgan fingerprint density at radius 3 is 2.33 bits per heavy atom. The Bertz CT molecular complexity index is 1100. The maximum Gasteiger partial charge on any atom is 0.137 e. The van der Waals surface area contributed by atoms with Crippen LogP contribution in [0.3, 0.4) is 0 Å². The van der Waals surface area contributed by atoms with Gasteiger partial charge < -0.3 is 4.74 Å². The van der Waals surface area contributed by atoms with Crippen molar-refractivity contribution < 1.29 is 4.74 Å². The second-order valence-corrected chi connectivity index (χ2v) is 6.70. The topological polar surface area (TPSA) is 63.7 Å². The molecule has 0 fully saturated rings. The van der Waals surface area contributed by atoms with E-state index in [4.69, 9.17) is 4.74 Å². The molecule has 6 heteroatoms. The summed E-state index contributed by atoms with van der Waals surface area (Å²) >= 11 is 0. The van der Waals surface area contributed by atoms with Crippen LogP contribution < -0.4 is 4.74 Å². The minimum absolute atomic E-state index is 0. The summed E-state index contributed by atoms with van der Waals surface area (Å²) in [7, 11) is 0. The fourth-order valence-electron chi connectivity index (χ4n) is 3.15. The lowest BCUT2D eigenvalue weighted by Crippen LogP contribution is -2.05. The molecule has 0 N–H and O–H groups in total. The molecule has 0 bridgehead atoms. The molecule has 0 spiro atoms. The summed E-state index contributed by atoms with van der Waals surface area (Å²) in [4.78, 5) is 3.95. The van der Waals surface area contributed by atoms with E-state index in [9.17, 15) is 5.26 Å². The van der Waals surface area contributed by atoms with Gasteiger partial charge in [-0.1, -0.05) is 60.7 Å². The molecule has 0 radical (unpaired) electrons. The van der Waals surface area contributed by atoms with Gasteiger partial charge in [0.2, 0.25) is 0 Å². The average molecular weight is 417 g/mol. The van der Waals surface area contributed by atoms with Crippen LogP contribution in [0.1, 0.15) is 16.7 Å². The molecular formula is C24H21ClN4O. The van der Waals surface area contributed by atoms with Crippen LogP contribution in [0.4, 0.5) is 0 Å². The number of nitriles is 1. The number of hydrogen-bond acceptors (Lipinski definition) is 4. The van der Waals surface area contributed by atoms with E-state index in [2.05, 4.69) is 52.6 Å². The van der Waals surface area contributed by atoms with Crippen LogP contribution >= 0.6 is 12.4 Å². The Balaban J connectivity index is 0.00000256. The Morgan fingerprint density at radius 1 is 0.900 bits per heavy atom. The summed E-state index contributed by atoms with van der Waals surface area (Å²) in [6.45, 7) is 1.09. The lowest BCUT2D eigenvalue weighted by Gasteiger charge is -2.10. The van der Waals surface area contributed by atoms with Crippen molar-refractivity contribution in [2.45, 2.75) is 13.0 Å². The number of hydrogen-bond donors (Lipinski definition) is 0. The molecule has 150 valence electrons. The number of aromatic nitrogens is 3. The molecule has 0 amide bonds. The normalized spacial score (nSPS) is 10.1. The molecule has 5 nitrogen and oxygen atoms in total. The number of rotatable bonds is 7. The van der Waals surface area contributed by atoms with Gasteiger partial charge in [-0.05, 0) is 34.4 Å². The fraction of sp³-hybridized carbons (Fsp3) is 0.125. The molecule has 1 heterocycles. The minimum Gasteiger partial charge on any atom is -0.492 e. The Morgan fingerprint density at radius 2 is 1.63 bits per heavy atom. The third kappa shape index (κ3) is 5.25. The highest BCUT2D eigenvalue weighted by Crippen LogP contribution is 2.22. The van der Waals surface area contributed by atoms with Crippen LogP contribution in [0.15, 0.2) is 85.5 Å². The van der Waals surface area contributed by atoms with Crippen LogP contribution in [0.25, 0.3) is 11.1 Å². The van der Waals surface area contributed by atoms with Crippen molar-refractivity contribution in [2.75, 3.05) is 6.61 Å². The molecule has 0 saturated heterocycles. The van der Waals surface area contributed by atoms with Crippen LogP contribution in [-0.4, -0.2) is 21.4 Å². The van der Waals surface area contributed by atoms with E-state index in [-0.39, 0.29) is 12.4 Å². The van der Waals surface area contributed by atoms with Gasteiger partial charge in [0, 0.05) is 6.42 Å².